The number of carbonyl (C=O) groups is 1. The summed E-state index contributed by atoms with van der Waals surface area (Å²) in [5, 5.41) is 1.08. The van der Waals surface area contributed by atoms with Gasteiger partial charge in [-0.15, -0.1) is 0 Å². The quantitative estimate of drug-likeness (QED) is 0.847. The summed E-state index contributed by atoms with van der Waals surface area (Å²) in [7, 11) is 2.90. The second kappa shape index (κ2) is 7.19. The maximum Gasteiger partial charge on any atom is 0.280 e. The second-order valence-corrected chi connectivity index (χ2v) is 3.49. The summed E-state index contributed by atoms with van der Waals surface area (Å²) < 4.78 is 0.694. The van der Waals surface area contributed by atoms with E-state index >= 15 is 0 Å². The topological polar surface area (TPSA) is 68.5 Å². The van der Waals surface area contributed by atoms with E-state index in [1.54, 1.807) is 6.07 Å². The summed E-state index contributed by atoms with van der Waals surface area (Å²) in [6.45, 7) is 4.00. The third-order valence-electron chi connectivity index (χ3n) is 1.68. The predicted octanol–water partition coefficient (Wildman–Crippen LogP) is 2.09. The summed E-state index contributed by atoms with van der Waals surface area (Å²) in [6.07, 6.45) is 1.53. The minimum absolute atomic E-state index is 0.183. The standard InChI is InChI=1S/C8H10BrN3O2.C2H6/c1-12(14-2)8(13)6-3-5(9)4-11-7(6)10;1-2/h3-4H,1-2H3,(H2,10,11);1-2H3. The molecule has 0 fully saturated rings. The third-order valence-corrected chi connectivity index (χ3v) is 2.11. The number of halogens is 1. The molecule has 1 amide bonds. The van der Waals surface area contributed by atoms with Gasteiger partial charge in [-0.3, -0.25) is 9.63 Å². The van der Waals surface area contributed by atoms with E-state index in [0.29, 0.717) is 10.0 Å². The highest BCUT2D eigenvalue weighted by atomic mass is 79.9. The van der Waals surface area contributed by atoms with Crippen molar-refractivity contribution in [3.05, 3.63) is 22.3 Å². The Labute approximate surface area is 104 Å². The van der Waals surface area contributed by atoms with Crippen molar-refractivity contribution < 1.29 is 9.63 Å². The van der Waals surface area contributed by atoms with Crippen LogP contribution < -0.4 is 5.73 Å². The molecule has 1 aromatic heterocycles. The number of carbonyl (C=O) groups excluding carboxylic acids is 1. The molecule has 0 aromatic carbocycles. The number of nitrogen functional groups attached to an aromatic ring is 1. The monoisotopic (exact) mass is 289 g/mol. The molecule has 90 valence electrons. The van der Waals surface area contributed by atoms with Crippen molar-refractivity contribution >= 4 is 27.7 Å². The molecule has 1 heterocycles. The Morgan fingerprint density at radius 2 is 2.12 bits per heavy atom. The van der Waals surface area contributed by atoms with Gasteiger partial charge in [-0.2, -0.15) is 0 Å². The molecule has 0 unspecified atom stereocenters. The van der Waals surface area contributed by atoms with Gasteiger partial charge in [-0.1, -0.05) is 13.8 Å². The van der Waals surface area contributed by atoms with Gasteiger partial charge in [0.05, 0.1) is 12.7 Å². The van der Waals surface area contributed by atoms with E-state index in [-0.39, 0.29) is 11.7 Å². The number of nitrogens with zero attached hydrogens (tertiary/aromatic N) is 2. The molecular weight excluding hydrogens is 274 g/mol. The van der Waals surface area contributed by atoms with Gasteiger partial charge in [0.15, 0.2) is 0 Å². The average molecular weight is 290 g/mol. The largest absolute Gasteiger partial charge is 0.383 e. The zero-order valence-corrected chi connectivity index (χ0v) is 11.4. The predicted molar refractivity (Wildman–Crippen MR) is 66.8 cm³/mol. The normalized spacial score (nSPS) is 9.06. The molecule has 0 bridgehead atoms. The van der Waals surface area contributed by atoms with E-state index in [0.717, 1.165) is 5.06 Å². The van der Waals surface area contributed by atoms with Gasteiger partial charge in [-0.25, -0.2) is 10.0 Å². The molecule has 0 saturated heterocycles. The van der Waals surface area contributed by atoms with Crippen molar-refractivity contribution in [2.45, 2.75) is 13.8 Å². The molecule has 16 heavy (non-hydrogen) atoms. The lowest BCUT2D eigenvalue weighted by atomic mass is 10.2. The number of aromatic nitrogens is 1. The molecule has 0 spiro atoms. The fraction of sp³-hybridized carbons (Fsp3) is 0.400. The molecule has 1 rings (SSSR count). The Morgan fingerprint density at radius 1 is 1.56 bits per heavy atom. The van der Waals surface area contributed by atoms with Crippen LogP contribution in [0.25, 0.3) is 0 Å². The van der Waals surface area contributed by atoms with Crippen molar-refractivity contribution in [3.8, 4) is 0 Å². The highest BCUT2D eigenvalue weighted by molar-refractivity contribution is 9.10. The van der Waals surface area contributed by atoms with Crippen LogP contribution in [0.3, 0.4) is 0 Å². The van der Waals surface area contributed by atoms with E-state index in [1.165, 1.54) is 20.4 Å². The lowest BCUT2D eigenvalue weighted by Crippen LogP contribution is -2.26. The van der Waals surface area contributed by atoms with Gasteiger partial charge in [0.1, 0.15) is 5.82 Å². The molecule has 0 aliphatic heterocycles. The fourth-order valence-electron chi connectivity index (χ4n) is 0.874. The number of hydrogen-bond acceptors (Lipinski definition) is 4. The first-order chi connectivity index (χ1) is 7.56. The third kappa shape index (κ3) is 3.79. The van der Waals surface area contributed by atoms with Crippen molar-refractivity contribution in [1.82, 2.24) is 10.0 Å². The van der Waals surface area contributed by atoms with Gasteiger partial charge in [0.2, 0.25) is 0 Å². The van der Waals surface area contributed by atoms with Gasteiger partial charge in [0, 0.05) is 17.7 Å². The number of hydrogen-bond donors (Lipinski definition) is 1. The molecule has 1 aromatic rings. The van der Waals surface area contributed by atoms with Gasteiger partial charge in [-0.05, 0) is 22.0 Å². The zero-order valence-electron chi connectivity index (χ0n) is 9.82. The summed E-state index contributed by atoms with van der Waals surface area (Å²) in [5.74, 6) is -0.152. The first-order valence-corrected chi connectivity index (χ1v) is 5.58. The first-order valence-electron chi connectivity index (χ1n) is 4.79. The first kappa shape index (κ1) is 14.9. The smallest absolute Gasteiger partial charge is 0.280 e. The second-order valence-electron chi connectivity index (χ2n) is 2.57. The molecule has 0 radical (unpaired) electrons. The average Bonchev–Trinajstić information content (AvgIpc) is 2.33. The van der Waals surface area contributed by atoms with E-state index in [9.17, 15) is 4.79 Å². The van der Waals surface area contributed by atoms with Crippen LogP contribution in [-0.2, 0) is 4.84 Å². The number of hydroxylamine groups is 2. The summed E-state index contributed by atoms with van der Waals surface area (Å²) in [4.78, 5) is 20.2. The zero-order chi connectivity index (χ0) is 12.7. The SMILES string of the molecule is CC.CON(C)C(=O)c1cc(Br)cnc1N. The maximum absolute atomic E-state index is 11.6. The fourth-order valence-corrected chi connectivity index (χ4v) is 1.20. The molecule has 5 nitrogen and oxygen atoms in total. The molecule has 0 saturated carbocycles. The summed E-state index contributed by atoms with van der Waals surface area (Å²) in [6, 6.07) is 1.60. The highest BCUT2D eigenvalue weighted by Crippen LogP contribution is 2.16. The van der Waals surface area contributed by atoms with Crippen molar-refractivity contribution in [1.29, 1.82) is 0 Å². The maximum atomic E-state index is 11.6. The lowest BCUT2D eigenvalue weighted by molar-refractivity contribution is -0.0756. The molecular formula is C10H16BrN3O2. The Hall–Kier alpha value is -1.14. The number of rotatable bonds is 2. The van der Waals surface area contributed by atoms with Gasteiger partial charge in [0.25, 0.3) is 5.91 Å². The Morgan fingerprint density at radius 3 is 2.62 bits per heavy atom. The molecule has 0 aliphatic rings. The number of pyridine rings is 1. The van der Waals surface area contributed by atoms with E-state index in [2.05, 4.69) is 20.9 Å². The van der Waals surface area contributed by atoms with Crippen LogP contribution >= 0.6 is 15.9 Å². The van der Waals surface area contributed by atoms with Crippen LogP contribution in [0.15, 0.2) is 16.7 Å². The molecule has 2 N–H and O–H groups in total. The van der Waals surface area contributed by atoms with Crippen molar-refractivity contribution in [2.75, 3.05) is 19.9 Å². The van der Waals surface area contributed by atoms with Crippen molar-refractivity contribution in [3.63, 3.8) is 0 Å². The van der Waals surface area contributed by atoms with E-state index in [4.69, 9.17) is 10.6 Å². The van der Waals surface area contributed by atoms with Crippen LogP contribution in [0.5, 0.6) is 0 Å². The van der Waals surface area contributed by atoms with E-state index < -0.39 is 0 Å². The Balaban J connectivity index is 0.00000106. The summed E-state index contributed by atoms with van der Waals surface area (Å²) >= 11 is 3.21. The van der Waals surface area contributed by atoms with Crippen LogP contribution in [0, 0.1) is 0 Å². The van der Waals surface area contributed by atoms with Crippen molar-refractivity contribution in [2.24, 2.45) is 0 Å². The molecule has 0 aliphatic carbocycles. The van der Waals surface area contributed by atoms with Crippen LogP contribution in [0.2, 0.25) is 0 Å². The summed E-state index contributed by atoms with van der Waals surface area (Å²) in [5.41, 5.74) is 5.86. The number of nitrogens with two attached hydrogens (primary N) is 1. The number of anilines is 1. The minimum Gasteiger partial charge on any atom is -0.383 e. The van der Waals surface area contributed by atoms with E-state index in [1.807, 2.05) is 13.8 Å². The minimum atomic E-state index is -0.334. The molecule has 0 atom stereocenters. The lowest BCUT2D eigenvalue weighted by Gasteiger charge is -2.14. The Bertz CT molecular complexity index is 358. The van der Waals surface area contributed by atoms with Crippen LogP contribution in [-0.4, -0.2) is 30.1 Å². The highest BCUT2D eigenvalue weighted by Gasteiger charge is 2.15. The van der Waals surface area contributed by atoms with Crippen LogP contribution in [0.1, 0.15) is 24.2 Å². The van der Waals surface area contributed by atoms with Gasteiger partial charge >= 0.3 is 0 Å². The molecule has 6 heteroatoms. The van der Waals surface area contributed by atoms with Crippen LogP contribution in [0.4, 0.5) is 5.82 Å². The Kier molecular flexibility index (Phi) is 6.67. The number of amides is 1. The van der Waals surface area contributed by atoms with Gasteiger partial charge < -0.3 is 5.73 Å².